The van der Waals surface area contributed by atoms with Crippen LogP contribution in [0.1, 0.15) is 40.0 Å². The van der Waals surface area contributed by atoms with Crippen LogP contribution in [0, 0.1) is 17.8 Å². The Kier molecular flexibility index (Phi) is 27.3. The van der Waals surface area contributed by atoms with Crippen molar-refractivity contribution in [2.75, 3.05) is 59.5 Å². The first-order valence-corrected chi connectivity index (χ1v) is 15.4. The summed E-state index contributed by atoms with van der Waals surface area (Å²) >= 11 is 0. The van der Waals surface area contributed by atoms with E-state index in [1.54, 1.807) is 36.5 Å². The predicted molar refractivity (Wildman–Crippen MR) is 176 cm³/mol. The van der Waals surface area contributed by atoms with Crippen molar-refractivity contribution in [1.29, 1.82) is 0 Å². The zero-order valence-electron chi connectivity index (χ0n) is 27.4. The van der Waals surface area contributed by atoms with Crippen LogP contribution >= 0.6 is 0 Å². The van der Waals surface area contributed by atoms with Crippen molar-refractivity contribution in [2.45, 2.75) is 58.9 Å². The Morgan fingerprint density at radius 2 is 0.727 bits per heavy atom. The zero-order valence-corrected chi connectivity index (χ0v) is 27.4. The van der Waals surface area contributed by atoms with Gasteiger partial charge in [-0.05, 0) is 19.3 Å². The van der Waals surface area contributed by atoms with Crippen molar-refractivity contribution in [1.82, 2.24) is 0 Å². The molecule has 0 saturated heterocycles. The fourth-order valence-corrected chi connectivity index (χ4v) is 3.83. The molecule has 0 amide bonds. The van der Waals surface area contributed by atoms with Gasteiger partial charge in [-0.2, -0.15) is 0 Å². The standard InChI is InChI=1S/C35H58O9/c1-10-19-37-33(38-20-11-2)29(16-7)25-36-28-32(43-26-30(17-8)34(39-21-12-3)40-22-13-4)44-27-31(18-9)35(41-23-14-5)42-24-15-6/h10-15,28-31,33-35H,1-6,16-27H2,7-9H3. The second kappa shape index (κ2) is 29.1. The monoisotopic (exact) mass is 622 g/mol. The Labute approximate surface area is 266 Å². The average molecular weight is 623 g/mol. The van der Waals surface area contributed by atoms with Crippen molar-refractivity contribution in [3.63, 3.8) is 0 Å². The fourth-order valence-electron chi connectivity index (χ4n) is 3.83. The van der Waals surface area contributed by atoms with Gasteiger partial charge in [0.1, 0.15) is 0 Å². The van der Waals surface area contributed by atoms with Gasteiger partial charge in [-0.15, -0.1) is 39.5 Å². The molecule has 0 N–H and O–H groups in total. The van der Waals surface area contributed by atoms with Gasteiger partial charge in [-0.25, -0.2) is 0 Å². The summed E-state index contributed by atoms with van der Waals surface area (Å²) in [5.74, 6) is -0.0523. The molecule has 252 valence electrons. The van der Waals surface area contributed by atoms with Gasteiger partial charge in [0.2, 0.25) is 0 Å². The highest BCUT2D eigenvalue weighted by Gasteiger charge is 2.26. The maximum absolute atomic E-state index is 6.18. The Bertz CT molecular complexity index is 719. The smallest absolute Gasteiger partial charge is 0.315 e. The highest BCUT2D eigenvalue weighted by atomic mass is 16.7. The van der Waals surface area contributed by atoms with Gasteiger partial charge in [-0.1, -0.05) is 57.2 Å². The van der Waals surface area contributed by atoms with E-state index in [2.05, 4.69) is 39.5 Å². The topological polar surface area (TPSA) is 83.1 Å². The van der Waals surface area contributed by atoms with Crippen LogP contribution in [0.5, 0.6) is 0 Å². The van der Waals surface area contributed by atoms with Crippen molar-refractivity contribution in [3.05, 3.63) is 88.1 Å². The lowest BCUT2D eigenvalue weighted by Crippen LogP contribution is -2.32. The van der Waals surface area contributed by atoms with E-state index >= 15 is 0 Å². The Morgan fingerprint density at radius 3 is 0.977 bits per heavy atom. The summed E-state index contributed by atoms with van der Waals surface area (Å²) in [5.41, 5.74) is 0. The molecular formula is C35H58O9. The van der Waals surface area contributed by atoms with E-state index in [1.807, 2.05) is 20.8 Å². The molecule has 0 rings (SSSR count). The summed E-state index contributed by atoms with van der Waals surface area (Å²) in [6.07, 6.45) is 12.3. The van der Waals surface area contributed by atoms with Gasteiger partial charge < -0.3 is 42.6 Å². The Hall–Kier alpha value is -2.66. The largest absolute Gasteiger partial charge is 0.493 e. The molecule has 9 heteroatoms. The van der Waals surface area contributed by atoms with Gasteiger partial charge >= 0.3 is 5.95 Å². The molecule has 0 aromatic carbocycles. The number of ether oxygens (including phenoxy) is 9. The molecular weight excluding hydrogens is 564 g/mol. The van der Waals surface area contributed by atoms with Crippen LogP contribution in [0.3, 0.4) is 0 Å². The molecule has 44 heavy (non-hydrogen) atoms. The third-order valence-corrected chi connectivity index (χ3v) is 6.37. The molecule has 0 aromatic heterocycles. The van der Waals surface area contributed by atoms with Crippen LogP contribution in [0.2, 0.25) is 0 Å². The first-order valence-electron chi connectivity index (χ1n) is 15.4. The minimum Gasteiger partial charge on any atom is -0.493 e. The van der Waals surface area contributed by atoms with Gasteiger partial charge in [0.25, 0.3) is 0 Å². The van der Waals surface area contributed by atoms with Crippen LogP contribution in [0.25, 0.3) is 0 Å². The first-order chi connectivity index (χ1) is 21.5. The second-order valence-corrected chi connectivity index (χ2v) is 9.73. The highest BCUT2D eigenvalue weighted by Crippen LogP contribution is 2.21. The van der Waals surface area contributed by atoms with Crippen molar-refractivity contribution < 1.29 is 42.6 Å². The molecule has 0 fully saturated rings. The van der Waals surface area contributed by atoms with E-state index < -0.39 is 18.9 Å². The van der Waals surface area contributed by atoms with Crippen molar-refractivity contribution in [3.8, 4) is 0 Å². The Morgan fingerprint density at radius 1 is 0.455 bits per heavy atom. The summed E-state index contributed by atoms with van der Waals surface area (Å²) < 4.78 is 53.5. The van der Waals surface area contributed by atoms with Crippen LogP contribution in [-0.4, -0.2) is 78.3 Å². The fraction of sp³-hybridized carbons (Fsp3) is 0.600. The Balaban J connectivity index is 5.86. The summed E-state index contributed by atoms with van der Waals surface area (Å²) in [4.78, 5) is 0. The van der Waals surface area contributed by atoms with E-state index in [1.165, 1.54) is 6.26 Å². The summed E-state index contributed by atoms with van der Waals surface area (Å²) in [7, 11) is 0. The molecule has 0 aromatic rings. The van der Waals surface area contributed by atoms with E-state index in [0.29, 0.717) is 46.2 Å². The average Bonchev–Trinajstić information content (AvgIpc) is 3.04. The van der Waals surface area contributed by atoms with Crippen molar-refractivity contribution >= 4 is 0 Å². The number of hydrogen-bond donors (Lipinski definition) is 0. The normalized spacial score (nSPS) is 13.1. The number of rotatable bonds is 33. The third-order valence-electron chi connectivity index (χ3n) is 6.37. The van der Waals surface area contributed by atoms with Crippen LogP contribution < -0.4 is 0 Å². The SMILES string of the molecule is C=CCOC(OCC=C)C(CC)COC=C(OCC(CC)C(OCC=C)OCC=C)OCC(CC)C(OCC=C)OCC=C. The van der Waals surface area contributed by atoms with Gasteiger partial charge in [0.05, 0.1) is 59.5 Å². The lowest BCUT2D eigenvalue weighted by molar-refractivity contribution is -0.180. The molecule has 0 heterocycles. The highest BCUT2D eigenvalue weighted by molar-refractivity contribution is 4.81. The maximum atomic E-state index is 6.18. The minimum absolute atomic E-state index is 0.0628. The minimum atomic E-state index is -0.514. The van der Waals surface area contributed by atoms with E-state index in [0.717, 1.165) is 19.3 Å². The molecule has 0 aliphatic heterocycles. The van der Waals surface area contributed by atoms with E-state index in [4.69, 9.17) is 42.6 Å². The molecule has 0 saturated carbocycles. The van der Waals surface area contributed by atoms with E-state index in [9.17, 15) is 0 Å². The van der Waals surface area contributed by atoms with Crippen LogP contribution in [0.15, 0.2) is 88.1 Å². The molecule has 0 aliphatic rings. The predicted octanol–water partition coefficient (Wildman–Crippen LogP) is 7.11. The quantitative estimate of drug-likeness (QED) is 0.0432. The lowest BCUT2D eigenvalue weighted by atomic mass is 10.1. The van der Waals surface area contributed by atoms with Crippen LogP contribution in [-0.2, 0) is 42.6 Å². The second-order valence-electron chi connectivity index (χ2n) is 9.73. The molecule has 3 atom stereocenters. The van der Waals surface area contributed by atoms with Gasteiger partial charge in [0, 0.05) is 17.8 Å². The molecule has 0 spiro atoms. The molecule has 0 aliphatic carbocycles. The van der Waals surface area contributed by atoms with Gasteiger partial charge in [-0.3, -0.25) is 0 Å². The first kappa shape index (κ1) is 41.3. The molecule has 0 radical (unpaired) electrons. The zero-order chi connectivity index (χ0) is 32.8. The lowest BCUT2D eigenvalue weighted by Gasteiger charge is -2.28. The molecule has 9 nitrogen and oxygen atoms in total. The summed E-state index contributed by atoms with van der Waals surface area (Å²) in [5, 5.41) is 0. The van der Waals surface area contributed by atoms with Crippen LogP contribution in [0.4, 0.5) is 0 Å². The summed E-state index contributed by atoms with van der Waals surface area (Å²) in [6.45, 7) is 31.4. The maximum Gasteiger partial charge on any atom is 0.315 e. The van der Waals surface area contributed by atoms with Crippen molar-refractivity contribution in [2.24, 2.45) is 17.8 Å². The number of hydrogen-bond acceptors (Lipinski definition) is 9. The van der Waals surface area contributed by atoms with E-state index in [-0.39, 0.29) is 36.9 Å². The molecule has 3 unspecified atom stereocenters. The third kappa shape index (κ3) is 18.9. The van der Waals surface area contributed by atoms with Gasteiger partial charge in [0.15, 0.2) is 25.1 Å². The molecule has 0 bridgehead atoms. The summed E-state index contributed by atoms with van der Waals surface area (Å²) in [6, 6.07) is 0.